The van der Waals surface area contributed by atoms with E-state index in [1.54, 1.807) is 36.1 Å². The maximum Gasteiger partial charge on any atom is 0.338 e. The number of hydrogen-bond donors (Lipinski definition) is 1. The van der Waals surface area contributed by atoms with Crippen molar-refractivity contribution in [2.45, 2.75) is 33.7 Å². The van der Waals surface area contributed by atoms with E-state index in [4.69, 9.17) is 4.74 Å². The summed E-state index contributed by atoms with van der Waals surface area (Å²) in [4.78, 5) is 37.4. The van der Waals surface area contributed by atoms with E-state index in [2.05, 4.69) is 5.32 Å². The number of benzene rings is 2. The van der Waals surface area contributed by atoms with Gasteiger partial charge in [-0.05, 0) is 43.7 Å². The number of amides is 2. The first-order chi connectivity index (χ1) is 13.4. The van der Waals surface area contributed by atoms with Crippen molar-refractivity contribution in [1.29, 1.82) is 0 Å². The highest BCUT2D eigenvalue weighted by atomic mass is 16.5. The minimum Gasteiger partial charge on any atom is -0.462 e. The van der Waals surface area contributed by atoms with Crippen LogP contribution in [0.15, 0.2) is 48.5 Å². The lowest BCUT2D eigenvalue weighted by Gasteiger charge is -2.21. The molecule has 0 heterocycles. The van der Waals surface area contributed by atoms with Crippen LogP contribution in [0.25, 0.3) is 0 Å². The normalized spacial score (nSPS) is 10.2. The molecule has 2 aromatic rings. The molecule has 0 aliphatic carbocycles. The Morgan fingerprint density at radius 1 is 1.07 bits per heavy atom. The lowest BCUT2D eigenvalue weighted by atomic mass is 10.1. The van der Waals surface area contributed by atoms with E-state index in [0.717, 1.165) is 11.1 Å². The molecule has 2 rings (SSSR count). The van der Waals surface area contributed by atoms with Crippen LogP contribution in [0.1, 0.15) is 41.8 Å². The number of rotatable bonds is 8. The summed E-state index contributed by atoms with van der Waals surface area (Å²) in [6.07, 6.45) is 0.186. The first kappa shape index (κ1) is 21.2. The van der Waals surface area contributed by atoms with Crippen molar-refractivity contribution in [3.63, 3.8) is 0 Å². The summed E-state index contributed by atoms with van der Waals surface area (Å²) in [6.45, 7) is 6.36. The lowest BCUT2D eigenvalue weighted by molar-refractivity contribution is -0.129. The van der Waals surface area contributed by atoms with E-state index in [1.165, 1.54) is 6.92 Å². The minimum atomic E-state index is -0.395. The number of anilines is 1. The van der Waals surface area contributed by atoms with Crippen LogP contribution in [0.3, 0.4) is 0 Å². The monoisotopic (exact) mass is 382 g/mol. The molecular formula is C22H26N2O4. The van der Waals surface area contributed by atoms with Crippen LogP contribution in [0, 0.1) is 6.92 Å². The van der Waals surface area contributed by atoms with Gasteiger partial charge in [-0.2, -0.15) is 0 Å². The smallest absolute Gasteiger partial charge is 0.338 e. The minimum absolute atomic E-state index is 0.0758. The molecule has 0 aliphatic rings. The zero-order chi connectivity index (χ0) is 20.5. The van der Waals surface area contributed by atoms with Gasteiger partial charge in [0, 0.05) is 32.1 Å². The maximum absolute atomic E-state index is 12.2. The van der Waals surface area contributed by atoms with Gasteiger partial charge in [0.1, 0.15) is 0 Å². The molecule has 0 bridgehead atoms. The molecule has 0 unspecified atom stereocenters. The fourth-order valence-corrected chi connectivity index (χ4v) is 2.74. The fraction of sp³-hybridized carbons (Fsp3) is 0.318. The molecule has 1 N–H and O–H groups in total. The van der Waals surface area contributed by atoms with Gasteiger partial charge in [0.25, 0.3) is 0 Å². The van der Waals surface area contributed by atoms with Crippen LogP contribution in [-0.4, -0.2) is 35.8 Å². The number of hydrogen-bond acceptors (Lipinski definition) is 4. The van der Waals surface area contributed by atoms with Gasteiger partial charge in [-0.3, -0.25) is 9.59 Å². The Hall–Kier alpha value is -3.15. The van der Waals surface area contributed by atoms with Crippen molar-refractivity contribution in [2.24, 2.45) is 0 Å². The summed E-state index contributed by atoms with van der Waals surface area (Å²) in [5.41, 5.74) is 3.18. The molecule has 2 aromatic carbocycles. The van der Waals surface area contributed by atoms with Crippen molar-refractivity contribution in [1.82, 2.24) is 4.90 Å². The summed E-state index contributed by atoms with van der Waals surface area (Å²) in [6, 6.07) is 14.5. The quantitative estimate of drug-likeness (QED) is 0.709. The molecule has 0 spiro atoms. The van der Waals surface area contributed by atoms with Crippen LogP contribution in [0.2, 0.25) is 0 Å². The number of esters is 1. The molecule has 28 heavy (non-hydrogen) atoms. The Morgan fingerprint density at radius 3 is 2.39 bits per heavy atom. The van der Waals surface area contributed by atoms with Crippen molar-refractivity contribution in [3.05, 3.63) is 65.2 Å². The van der Waals surface area contributed by atoms with Crippen molar-refractivity contribution in [3.8, 4) is 0 Å². The molecule has 0 fully saturated rings. The average molecular weight is 382 g/mol. The Bertz CT molecular complexity index is 831. The molecule has 2 amide bonds. The van der Waals surface area contributed by atoms with Gasteiger partial charge >= 0.3 is 5.97 Å². The second-order valence-electron chi connectivity index (χ2n) is 6.53. The van der Waals surface area contributed by atoms with E-state index >= 15 is 0 Å². The zero-order valence-corrected chi connectivity index (χ0v) is 16.5. The third-order valence-electron chi connectivity index (χ3n) is 4.19. The van der Waals surface area contributed by atoms with Crippen molar-refractivity contribution in [2.75, 3.05) is 18.5 Å². The van der Waals surface area contributed by atoms with E-state index in [1.807, 2.05) is 31.2 Å². The zero-order valence-electron chi connectivity index (χ0n) is 16.5. The van der Waals surface area contributed by atoms with Gasteiger partial charge in [0.05, 0.1) is 12.2 Å². The Morgan fingerprint density at radius 2 is 1.79 bits per heavy atom. The summed E-state index contributed by atoms with van der Waals surface area (Å²) < 4.78 is 4.93. The molecule has 0 aliphatic heterocycles. The number of carbonyl (C=O) groups is 3. The van der Waals surface area contributed by atoms with Crippen LogP contribution < -0.4 is 5.32 Å². The first-order valence-corrected chi connectivity index (χ1v) is 9.27. The second kappa shape index (κ2) is 10.3. The summed E-state index contributed by atoms with van der Waals surface area (Å²) in [5, 5.41) is 2.78. The van der Waals surface area contributed by atoms with Crippen molar-refractivity contribution < 1.29 is 19.1 Å². The van der Waals surface area contributed by atoms with E-state index < -0.39 is 5.97 Å². The van der Waals surface area contributed by atoms with E-state index in [0.29, 0.717) is 30.9 Å². The molecule has 0 atom stereocenters. The average Bonchev–Trinajstić information content (AvgIpc) is 2.65. The predicted molar refractivity (Wildman–Crippen MR) is 108 cm³/mol. The molecule has 0 saturated carbocycles. The first-order valence-electron chi connectivity index (χ1n) is 9.27. The van der Waals surface area contributed by atoms with Gasteiger partial charge in [0.15, 0.2) is 0 Å². The van der Waals surface area contributed by atoms with Crippen molar-refractivity contribution >= 4 is 23.5 Å². The summed E-state index contributed by atoms with van der Waals surface area (Å²) in [7, 11) is 0. The maximum atomic E-state index is 12.2. The SMILES string of the molecule is CCOC(=O)c1ccc(NC(=O)CCN(Cc2cccc(C)c2)C(C)=O)cc1. The molecule has 0 radical (unpaired) electrons. The molecule has 6 nitrogen and oxygen atoms in total. The van der Waals surface area contributed by atoms with Crippen LogP contribution in [-0.2, 0) is 20.9 Å². The second-order valence-corrected chi connectivity index (χ2v) is 6.53. The summed E-state index contributed by atoms with van der Waals surface area (Å²) in [5.74, 6) is -0.666. The van der Waals surface area contributed by atoms with Gasteiger partial charge in [-0.15, -0.1) is 0 Å². The van der Waals surface area contributed by atoms with Crippen LogP contribution in [0.5, 0.6) is 0 Å². The van der Waals surface area contributed by atoms with Gasteiger partial charge in [0.2, 0.25) is 11.8 Å². The Kier molecular flexibility index (Phi) is 7.75. The third kappa shape index (κ3) is 6.54. The van der Waals surface area contributed by atoms with E-state index in [-0.39, 0.29) is 18.2 Å². The Balaban J connectivity index is 1.88. The van der Waals surface area contributed by atoms with Gasteiger partial charge in [-0.25, -0.2) is 4.79 Å². The van der Waals surface area contributed by atoms with E-state index in [9.17, 15) is 14.4 Å². The lowest BCUT2D eigenvalue weighted by Crippen LogP contribution is -2.31. The van der Waals surface area contributed by atoms with Gasteiger partial charge < -0.3 is 15.0 Å². The fourth-order valence-electron chi connectivity index (χ4n) is 2.74. The summed E-state index contributed by atoms with van der Waals surface area (Å²) >= 11 is 0. The largest absolute Gasteiger partial charge is 0.462 e. The van der Waals surface area contributed by atoms with Gasteiger partial charge in [-0.1, -0.05) is 29.8 Å². The predicted octanol–water partition coefficient (Wildman–Crippen LogP) is 3.55. The number of nitrogens with zero attached hydrogens (tertiary/aromatic N) is 1. The molecule has 0 saturated heterocycles. The van der Waals surface area contributed by atoms with Crippen LogP contribution in [0.4, 0.5) is 5.69 Å². The number of aryl methyl sites for hydroxylation is 1. The molecular weight excluding hydrogens is 356 g/mol. The number of nitrogens with one attached hydrogen (secondary N) is 1. The Labute approximate surface area is 165 Å². The molecule has 148 valence electrons. The molecule has 0 aromatic heterocycles. The topological polar surface area (TPSA) is 75.7 Å². The number of ether oxygens (including phenoxy) is 1. The number of carbonyl (C=O) groups excluding carboxylic acids is 3. The van der Waals surface area contributed by atoms with Crippen LogP contribution >= 0.6 is 0 Å². The standard InChI is InChI=1S/C22H26N2O4/c1-4-28-22(27)19-8-10-20(11-9-19)23-21(26)12-13-24(17(3)25)15-18-7-5-6-16(2)14-18/h5-11,14H,4,12-13,15H2,1-3H3,(H,23,26). The highest BCUT2D eigenvalue weighted by Gasteiger charge is 2.13. The highest BCUT2D eigenvalue weighted by Crippen LogP contribution is 2.12. The highest BCUT2D eigenvalue weighted by molar-refractivity contribution is 5.93. The third-order valence-corrected chi connectivity index (χ3v) is 4.19. The molecule has 6 heteroatoms.